The van der Waals surface area contributed by atoms with Gasteiger partial charge in [0.2, 0.25) is 5.95 Å². The molecule has 2 heterocycles. The molecule has 0 saturated heterocycles. The van der Waals surface area contributed by atoms with Crippen molar-refractivity contribution < 1.29 is 32.6 Å². The number of amides is 1. The van der Waals surface area contributed by atoms with E-state index in [1.807, 2.05) is 41.3 Å². The van der Waals surface area contributed by atoms with E-state index in [0.717, 1.165) is 29.0 Å². The molecule has 0 saturated carbocycles. The van der Waals surface area contributed by atoms with Crippen molar-refractivity contribution in [3.05, 3.63) is 118 Å². The molecule has 1 aliphatic rings. The Morgan fingerprint density at radius 3 is 2.43 bits per heavy atom. The molecular weight excluding hydrogens is 573 g/mol. The lowest BCUT2D eigenvalue weighted by Crippen LogP contribution is -2.36. The molecular formula is C33H31F3N4O4. The third kappa shape index (κ3) is 7.34. The van der Waals surface area contributed by atoms with Gasteiger partial charge in [0, 0.05) is 25.8 Å². The highest BCUT2D eigenvalue weighted by atomic mass is 19.4. The highest BCUT2D eigenvalue weighted by molar-refractivity contribution is 5.96. The minimum absolute atomic E-state index is 0.141. The number of ether oxygens (including phenoxy) is 1. The van der Waals surface area contributed by atoms with Gasteiger partial charge < -0.3 is 19.6 Å². The first-order valence-corrected chi connectivity index (χ1v) is 14.1. The Balaban J connectivity index is 1.45. The maximum atomic E-state index is 13.9. The van der Waals surface area contributed by atoms with Crippen LogP contribution >= 0.6 is 0 Å². The van der Waals surface area contributed by atoms with E-state index in [9.17, 15) is 27.9 Å². The van der Waals surface area contributed by atoms with Gasteiger partial charge in [-0.2, -0.15) is 13.2 Å². The zero-order valence-corrected chi connectivity index (χ0v) is 24.1. The number of halogens is 3. The van der Waals surface area contributed by atoms with Crippen LogP contribution < -0.4 is 9.64 Å². The number of aromatic nitrogens is 2. The van der Waals surface area contributed by atoms with E-state index in [0.29, 0.717) is 48.9 Å². The Morgan fingerprint density at radius 1 is 0.977 bits per heavy atom. The van der Waals surface area contributed by atoms with E-state index >= 15 is 0 Å². The van der Waals surface area contributed by atoms with Crippen LogP contribution in [-0.2, 0) is 43.3 Å². The van der Waals surface area contributed by atoms with E-state index in [4.69, 9.17) is 9.72 Å². The molecule has 3 aromatic carbocycles. The van der Waals surface area contributed by atoms with E-state index in [2.05, 4.69) is 17.1 Å². The van der Waals surface area contributed by atoms with Gasteiger partial charge in [0.05, 0.1) is 23.9 Å². The fraction of sp³-hybridized carbons (Fsp3) is 0.273. The molecule has 0 unspecified atom stereocenters. The van der Waals surface area contributed by atoms with Crippen molar-refractivity contribution in [2.24, 2.45) is 0 Å². The van der Waals surface area contributed by atoms with Crippen molar-refractivity contribution in [3.63, 3.8) is 0 Å². The van der Waals surface area contributed by atoms with Gasteiger partial charge in [0.1, 0.15) is 12.3 Å². The maximum absolute atomic E-state index is 13.9. The van der Waals surface area contributed by atoms with Crippen molar-refractivity contribution in [2.75, 3.05) is 25.1 Å². The summed E-state index contributed by atoms with van der Waals surface area (Å²) >= 11 is 0. The van der Waals surface area contributed by atoms with Gasteiger partial charge >= 0.3 is 12.1 Å². The molecule has 1 amide bonds. The number of alkyl halides is 3. The van der Waals surface area contributed by atoms with E-state index in [1.165, 1.54) is 29.5 Å². The Kier molecular flexibility index (Phi) is 9.12. The number of rotatable bonds is 10. The Labute approximate surface area is 252 Å². The molecule has 0 bridgehead atoms. The Bertz CT molecular complexity index is 1640. The fourth-order valence-corrected chi connectivity index (χ4v) is 5.24. The summed E-state index contributed by atoms with van der Waals surface area (Å²) in [6.45, 7) is 0.444. The summed E-state index contributed by atoms with van der Waals surface area (Å²) in [5, 5.41) is 9.58. The van der Waals surface area contributed by atoms with Gasteiger partial charge in [0.25, 0.3) is 5.91 Å². The number of fused-ring (bicyclic) bond motifs is 1. The minimum atomic E-state index is -4.51. The predicted molar refractivity (Wildman–Crippen MR) is 157 cm³/mol. The average Bonchev–Trinajstić information content (AvgIpc) is 3.02. The quantitative estimate of drug-likeness (QED) is 0.253. The first kappa shape index (κ1) is 30.5. The topological polar surface area (TPSA) is 95.9 Å². The summed E-state index contributed by atoms with van der Waals surface area (Å²) in [5.74, 6) is -0.723. The van der Waals surface area contributed by atoms with Crippen LogP contribution in [0.25, 0.3) is 0 Å². The largest absolute Gasteiger partial charge is 0.497 e. The van der Waals surface area contributed by atoms with Gasteiger partial charge in [-0.1, -0.05) is 48.5 Å². The van der Waals surface area contributed by atoms with E-state index < -0.39 is 30.2 Å². The normalized spacial score (nSPS) is 12.9. The van der Waals surface area contributed by atoms with Crippen LogP contribution in [0.2, 0.25) is 0 Å². The number of carbonyl (C=O) groups excluding carboxylic acids is 1. The maximum Gasteiger partial charge on any atom is 0.416 e. The summed E-state index contributed by atoms with van der Waals surface area (Å²) in [4.78, 5) is 38.1. The molecule has 4 aromatic rings. The highest BCUT2D eigenvalue weighted by Gasteiger charge is 2.30. The van der Waals surface area contributed by atoms with Crippen LogP contribution in [-0.4, -0.2) is 52.1 Å². The summed E-state index contributed by atoms with van der Waals surface area (Å²) in [6.07, 6.45) is -1.39. The molecule has 11 heteroatoms. The van der Waals surface area contributed by atoms with Crippen molar-refractivity contribution in [2.45, 2.75) is 38.5 Å². The van der Waals surface area contributed by atoms with Gasteiger partial charge in [-0.3, -0.25) is 9.59 Å². The number of carboxylic acid groups (broad SMARTS) is 1. The number of carboxylic acids is 1. The van der Waals surface area contributed by atoms with Gasteiger partial charge in [-0.15, -0.1) is 0 Å². The van der Waals surface area contributed by atoms with Crippen molar-refractivity contribution in [1.82, 2.24) is 14.9 Å². The molecule has 44 heavy (non-hydrogen) atoms. The fourth-order valence-electron chi connectivity index (χ4n) is 5.24. The molecule has 0 spiro atoms. The van der Waals surface area contributed by atoms with Crippen molar-refractivity contribution in [1.29, 1.82) is 0 Å². The van der Waals surface area contributed by atoms with Gasteiger partial charge in [0.15, 0.2) is 0 Å². The van der Waals surface area contributed by atoms with E-state index in [1.54, 1.807) is 7.11 Å². The number of anilines is 1. The standard InChI is InChI=1S/C33H31F3N4O4/c1-44-27-8-4-5-22(17-27)11-14-29-28(18-37-32(38-29)39-16-15-24-6-2-3-7-25(24)20-39)31(43)40(21-30(41)42)19-23-9-12-26(13-10-23)33(34,35)36/h2-10,12-13,17-18H,11,14-16,19-21H2,1H3,(H,41,42). The first-order chi connectivity index (χ1) is 21.1. The second-order valence-electron chi connectivity index (χ2n) is 10.6. The smallest absolute Gasteiger partial charge is 0.416 e. The first-order valence-electron chi connectivity index (χ1n) is 14.1. The number of benzene rings is 3. The molecule has 1 aromatic heterocycles. The SMILES string of the molecule is COc1cccc(CCc2nc(N3CCc4ccccc4C3)ncc2C(=O)N(CC(=O)O)Cc2ccc(C(F)(F)F)cc2)c1. The summed E-state index contributed by atoms with van der Waals surface area (Å²) in [6, 6.07) is 20.0. The second kappa shape index (κ2) is 13.2. The molecule has 0 atom stereocenters. The Hall–Kier alpha value is -4.93. The summed E-state index contributed by atoms with van der Waals surface area (Å²) in [5.41, 5.74) is 3.51. The van der Waals surface area contributed by atoms with Crippen LogP contribution in [0.3, 0.4) is 0 Å². The third-order valence-electron chi connectivity index (χ3n) is 7.55. The third-order valence-corrected chi connectivity index (χ3v) is 7.55. The van der Waals surface area contributed by atoms with Crippen LogP contribution in [0.5, 0.6) is 5.75 Å². The zero-order chi connectivity index (χ0) is 31.3. The molecule has 0 aliphatic carbocycles. The number of hydrogen-bond donors (Lipinski definition) is 1. The van der Waals surface area contributed by atoms with Crippen LogP contribution in [0.1, 0.15) is 43.9 Å². The highest BCUT2D eigenvalue weighted by Crippen LogP contribution is 2.29. The molecule has 8 nitrogen and oxygen atoms in total. The van der Waals surface area contributed by atoms with Crippen molar-refractivity contribution >= 4 is 17.8 Å². The molecule has 1 N–H and O–H groups in total. The lowest BCUT2D eigenvalue weighted by atomic mass is 10.0. The van der Waals surface area contributed by atoms with Crippen LogP contribution in [0.4, 0.5) is 19.1 Å². The van der Waals surface area contributed by atoms with Crippen LogP contribution in [0, 0.1) is 0 Å². The zero-order valence-electron chi connectivity index (χ0n) is 24.1. The molecule has 1 aliphatic heterocycles. The number of carbonyl (C=O) groups is 2. The minimum Gasteiger partial charge on any atom is -0.497 e. The number of aryl methyl sites for hydroxylation is 2. The van der Waals surface area contributed by atoms with Gasteiger partial charge in [-0.25, -0.2) is 9.97 Å². The number of hydrogen-bond acceptors (Lipinski definition) is 6. The van der Waals surface area contributed by atoms with Crippen LogP contribution in [0.15, 0.2) is 79.0 Å². The Morgan fingerprint density at radius 2 is 1.73 bits per heavy atom. The lowest BCUT2D eigenvalue weighted by molar-refractivity contribution is -0.138. The molecule has 5 rings (SSSR count). The number of methoxy groups -OCH3 is 1. The summed E-state index contributed by atoms with van der Waals surface area (Å²) in [7, 11) is 1.58. The molecule has 0 radical (unpaired) electrons. The number of aliphatic carboxylic acids is 1. The number of nitrogens with zero attached hydrogens (tertiary/aromatic N) is 4. The average molecular weight is 605 g/mol. The molecule has 0 fully saturated rings. The summed E-state index contributed by atoms with van der Waals surface area (Å²) < 4.78 is 44.5. The lowest BCUT2D eigenvalue weighted by Gasteiger charge is -2.29. The predicted octanol–water partition coefficient (Wildman–Crippen LogP) is 5.58. The monoisotopic (exact) mass is 604 g/mol. The van der Waals surface area contributed by atoms with Crippen molar-refractivity contribution in [3.8, 4) is 5.75 Å². The molecule has 228 valence electrons. The second-order valence-corrected chi connectivity index (χ2v) is 10.6. The van der Waals surface area contributed by atoms with Gasteiger partial charge in [-0.05, 0) is 65.8 Å². The van der Waals surface area contributed by atoms with E-state index in [-0.39, 0.29) is 12.1 Å².